The molecule has 1 aliphatic heterocycles. The van der Waals surface area contributed by atoms with Crippen molar-refractivity contribution in [3.05, 3.63) is 52.6 Å². The minimum absolute atomic E-state index is 0.168. The Morgan fingerprint density at radius 1 is 1.12 bits per heavy atom. The second-order valence-electron chi connectivity index (χ2n) is 7.09. The predicted octanol–water partition coefficient (Wildman–Crippen LogP) is 4.65. The number of hydrogen-bond acceptors (Lipinski definition) is 3. The van der Waals surface area contributed by atoms with Gasteiger partial charge in [-0.15, -0.1) is 0 Å². The number of benzene rings is 1. The van der Waals surface area contributed by atoms with E-state index in [1.165, 1.54) is 12.8 Å². The van der Waals surface area contributed by atoms with Gasteiger partial charge >= 0.3 is 6.03 Å². The molecule has 2 aromatic rings. The van der Waals surface area contributed by atoms with Gasteiger partial charge in [-0.1, -0.05) is 28.1 Å². The molecule has 0 unspecified atom stereocenters. The molecule has 1 aromatic carbocycles. The Kier molecular flexibility index (Phi) is 4.85. The summed E-state index contributed by atoms with van der Waals surface area (Å²) in [5, 5.41) is 6.25. The number of carbonyl (C=O) groups excluding carboxylic acids is 1. The quantitative estimate of drug-likeness (QED) is 0.765. The SMILES string of the molecule is O=C(Nc1cccnc1N1CCCC1)NC1(c2cccc(Br)c2)CCC1. The zero-order valence-electron chi connectivity index (χ0n) is 14.7. The van der Waals surface area contributed by atoms with Gasteiger partial charge in [0.25, 0.3) is 0 Å². The lowest BCUT2D eigenvalue weighted by molar-refractivity contribution is 0.185. The highest BCUT2D eigenvalue weighted by Crippen LogP contribution is 2.42. The summed E-state index contributed by atoms with van der Waals surface area (Å²) in [5.41, 5.74) is 1.65. The van der Waals surface area contributed by atoms with E-state index in [4.69, 9.17) is 0 Å². The Hall–Kier alpha value is -2.08. The molecule has 2 fully saturated rings. The molecule has 0 spiro atoms. The number of urea groups is 1. The zero-order valence-corrected chi connectivity index (χ0v) is 16.3. The van der Waals surface area contributed by atoms with Crippen LogP contribution in [0.25, 0.3) is 0 Å². The van der Waals surface area contributed by atoms with Crippen molar-refractivity contribution in [3.63, 3.8) is 0 Å². The summed E-state index contributed by atoms with van der Waals surface area (Å²) in [4.78, 5) is 19.5. The van der Waals surface area contributed by atoms with E-state index in [-0.39, 0.29) is 11.6 Å². The summed E-state index contributed by atoms with van der Waals surface area (Å²) in [5.74, 6) is 0.866. The first-order valence-corrected chi connectivity index (χ1v) is 10.0. The summed E-state index contributed by atoms with van der Waals surface area (Å²) in [6.45, 7) is 1.99. The lowest BCUT2D eigenvalue weighted by Gasteiger charge is -2.43. The lowest BCUT2D eigenvalue weighted by atomic mass is 9.72. The normalized spacial score (nSPS) is 18.3. The zero-order chi connectivity index (χ0) is 18.0. The molecule has 0 bridgehead atoms. The molecule has 2 N–H and O–H groups in total. The maximum absolute atomic E-state index is 12.8. The average Bonchev–Trinajstić information content (AvgIpc) is 3.13. The van der Waals surface area contributed by atoms with E-state index in [0.717, 1.165) is 53.9 Å². The Labute approximate surface area is 162 Å². The van der Waals surface area contributed by atoms with E-state index in [0.29, 0.717) is 0 Å². The van der Waals surface area contributed by atoms with Crippen LogP contribution in [0.1, 0.15) is 37.7 Å². The van der Waals surface area contributed by atoms with Crippen LogP contribution in [0.3, 0.4) is 0 Å². The summed E-state index contributed by atoms with van der Waals surface area (Å²) in [7, 11) is 0. The highest BCUT2D eigenvalue weighted by molar-refractivity contribution is 9.10. The van der Waals surface area contributed by atoms with Gasteiger partial charge in [0.05, 0.1) is 11.2 Å². The third-order valence-electron chi connectivity index (χ3n) is 5.38. The van der Waals surface area contributed by atoms with Crippen LogP contribution in [0.2, 0.25) is 0 Å². The van der Waals surface area contributed by atoms with E-state index in [2.05, 4.69) is 48.6 Å². The largest absolute Gasteiger partial charge is 0.355 e. The molecule has 1 aromatic heterocycles. The summed E-state index contributed by atoms with van der Waals surface area (Å²) < 4.78 is 1.03. The fourth-order valence-corrected chi connectivity index (χ4v) is 4.25. The molecule has 0 radical (unpaired) electrons. The average molecular weight is 415 g/mol. The molecule has 2 amide bonds. The van der Waals surface area contributed by atoms with Gasteiger partial charge in [0.1, 0.15) is 0 Å². The van der Waals surface area contributed by atoms with Crippen molar-refractivity contribution in [2.45, 2.75) is 37.6 Å². The number of nitrogens with one attached hydrogen (secondary N) is 2. The van der Waals surface area contributed by atoms with Crippen LogP contribution >= 0.6 is 15.9 Å². The Morgan fingerprint density at radius 3 is 2.62 bits per heavy atom. The third-order valence-corrected chi connectivity index (χ3v) is 5.87. The van der Waals surface area contributed by atoms with E-state index < -0.39 is 0 Å². The first-order valence-electron chi connectivity index (χ1n) is 9.21. The summed E-state index contributed by atoms with van der Waals surface area (Å²) in [6.07, 6.45) is 7.18. The van der Waals surface area contributed by atoms with Crippen LogP contribution in [-0.4, -0.2) is 24.1 Å². The Morgan fingerprint density at radius 2 is 1.92 bits per heavy atom. The van der Waals surface area contributed by atoms with Crippen LogP contribution < -0.4 is 15.5 Å². The topological polar surface area (TPSA) is 57.3 Å². The molecule has 5 nitrogen and oxygen atoms in total. The van der Waals surface area contributed by atoms with Crippen molar-refractivity contribution in [1.82, 2.24) is 10.3 Å². The predicted molar refractivity (Wildman–Crippen MR) is 108 cm³/mol. The highest BCUT2D eigenvalue weighted by atomic mass is 79.9. The van der Waals surface area contributed by atoms with E-state index >= 15 is 0 Å². The molecule has 4 rings (SSSR count). The van der Waals surface area contributed by atoms with Crippen LogP contribution in [0.5, 0.6) is 0 Å². The fourth-order valence-electron chi connectivity index (χ4n) is 3.85. The number of hydrogen-bond donors (Lipinski definition) is 2. The molecule has 0 atom stereocenters. The van der Waals surface area contributed by atoms with Gasteiger partial charge in [0, 0.05) is 23.8 Å². The Bertz CT molecular complexity index is 800. The number of pyridine rings is 1. The molecule has 1 aliphatic carbocycles. The minimum Gasteiger partial charge on any atom is -0.355 e. The minimum atomic E-state index is -0.274. The van der Waals surface area contributed by atoms with Crippen molar-refractivity contribution in [2.24, 2.45) is 0 Å². The number of carbonyl (C=O) groups is 1. The third kappa shape index (κ3) is 3.43. The smallest absolute Gasteiger partial charge is 0.320 e. The number of rotatable bonds is 4. The number of aromatic nitrogens is 1. The molecule has 6 heteroatoms. The maximum Gasteiger partial charge on any atom is 0.320 e. The second kappa shape index (κ2) is 7.27. The van der Waals surface area contributed by atoms with E-state index in [1.807, 2.05) is 24.3 Å². The van der Waals surface area contributed by atoms with Gasteiger partial charge < -0.3 is 15.5 Å². The van der Waals surface area contributed by atoms with Gasteiger partial charge in [0.15, 0.2) is 5.82 Å². The van der Waals surface area contributed by atoms with Gasteiger partial charge in [-0.05, 0) is 61.9 Å². The molecule has 2 heterocycles. The van der Waals surface area contributed by atoms with Gasteiger partial charge in [-0.2, -0.15) is 0 Å². The van der Waals surface area contributed by atoms with Crippen LogP contribution in [-0.2, 0) is 5.54 Å². The van der Waals surface area contributed by atoms with Crippen LogP contribution in [0, 0.1) is 0 Å². The van der Waals surface area contributed by atoms with Gasteiger partial charge in [-0.25, -0.2) is 9.78 Å². The van der Waals surface area contributed by atoms with Crippen molar-refractivity contribution < 1.29 is 4.79 Å². The van der Waals surface area contributed by atoms with Crippen molar-refractivity contribution in [2.75, 3.05) is 23.3 Å². The molecular formula is C20H23BrN4O. The highest BCUT2D eigenvalue weighted by Gasteiger charge is 2.40. The molecule has 2 aliphatic rings. The van der Waals surface area contributed by atoms with Crippen LogP contribution in [0.15, 0.2) is 47.1 Å². The van der Waals surface area contributed by atoms with E-state index in [1.54, 1.807) is 6.20 Å². The monoisotopic (exact) mass is 414 g/mol. The molecule has 136 valence electrons. The molecule has 1 saturated carbocycles. The number of anilines is 2. The van der Waals surface area contributed by atoms with Gasteiger partial charge in [0.2, 0.25) is 0 Å². The fraction of sp³-hybridized carbons (Fsp3) is 0.400. The van der Waals surface area contributed by atoms with Crippen molar-refractivity contribution in [3.8, 4) is 0 Å². The van der Waals surface area contributed by atoms with Crippen LogP contribution in [0.4, 0.5) is 16.3 Å². The van der Waals surface area contributed by atoms with Crippen molar-refractivity contribution in [1.29, 1.82) is 0 Å². The number of halogens is 1. The first-order chi connectivity index (χ1) is 12.7. The standard InChI is InChI=1S/C20H23BrN4O/c21-16-7-3-6-15(14-16)20(9-5-10-20)24-19(26)23-17-8-4-11-22-18(17)25-12-1-2-13-25/h3-4,6-8,11,14H,1-2,5,9-10,12-13H2,(H2,23,24,26). The molecule has 1 saturated heterocycles. The maximum atomic E-state index is 12.8. The molecular weight excluding hydrogens is 392 g/mol. The number of amides is 2. The Balaban J connectivity index is 1.50. The molecule has 26 heavy (non-hydrogen) atoms. The van der Waals surface area contributed by atoms with Gasteiger partial charge in [-0.3, -0.25) is 0 Å². The summed E-state index contributed by atoms with van der Waals surface area (Å²) in [6, 6.07) is 11.8. The second-order valence-corrected chi connectivity index (χ2v) is 8.01. The first kappa shape index (κ1) is 17.3. The van der Waals surface area contributed by atoms with Crippen molar-refractivity contribution >= 4 is 33.5 Å². The number of nitrogens with zero attached hydrogens (tertiary/aromatic N) is 2. The lowest BCUT2D eigenvalue weighted by Crippen LogP contribution is -2.52. The van der Waals surface area contributed by atoms with E-state index in [9.17, 15) is 4.79 Å². The summed E-state index contributed by atoms with van der Waals surface area (Å²) >= 11 is 3.53.